The molecule has 0 N–H and O–H groups in total. The molecule has 0 bridgehead atoms. The number of hydrogen-bond donors (Lipinski definition) is 0. The van der Waals surface area contributed by atoms with Gasteiger partial charge in [-0.3, -0.25) is 9.69 Å². The maximum atomic E-state index is 12.2. The first-order chi connectivity index (χ1) is 8.16. The topological polar surface area (TPSA) is 20.3 Å². The monoisotopic (exact) mass is 251 g/mol. The fourth-order valence-corrected chi connectivity index (χ4v) is 3.43. The van der Waals surface area contributed by atoms with Crippen molar-refractivity contribution in [2.45, 2.75) is 39.5 Å². The van der Waals surface area contributed by atoms with E-state index in [1.54, 1.807) is 11.3 Å². The molecule has 2 nitrogen and oxygen atoms in total. The van der Waals surface area contributed by atoms with E-state index in [1.807, 2.05) is 13.0 Å². The lowest BCUT2D eigenvalue weighted by atomic mass is 10.1. The van der Waals surface area contributed by atoms with E-state index >= 15 is 0 Å². The largest absolute Gasteiger partial charge is 0.296 e. The Bertz CT molecular complexity index is 389. The molecule has 0 aliphatic carbocycles. The van der Waals surface area contributed by atoms with Crippen LogP contribution in [0, 0.1) is 13.8 Å². The molecule has 1 aromatic rings. The molecule has 2 rings (SSSR count). The summed E-state index contributed by atoms with van der Waals surface area (Å²) in [5, 5.41) is 0. The molecule has 3 heteroatoms. The number of Topliss-reactive ketones (excluding diaryl/α,β-unsaturated/α-hetero) is 1. The van der Waals surface area contributed by atoms with Crippen molar-refractivity contribution in [3.63, 3.8) is 0 Å². The van der Waals surface area contributed by atoms with E-state index in [4.69, 9.17) is 0 Å². The summed E-state index contributed by atoms with van der Waals surface area (Å²) in [4.78, 5) is 17.0. The Morgan fingerprint density at radius 1 is 1.24 bits per heavy atom. The molecule has 0 aromatic carbocycles. The first kappa shape index (κ1) is 12.8. The number of nitrogens with zero attached hydrogens (tertiary/aromatic N) is 1. The van der Waals surface area contributed by atoms with E-state index < -0.39 is 0 Å². The van der Waals surface area contributed by atoms with Crippen LogP contribution >= 0.6 is 11.3 Å². The number of likely N-dealkylation sites (tertiary alicyclic amines) is 1. The summed E-state index contributed by atoms with van der Waals surface area (Å²) in [5.74, 6) is 0.300. The Morgan fingerprint density at radius 3 is 2.41 bits per heavy atom. The summed E-state index contributed by atoms with van der Waals surface area (Å²) in [5.41, 5.74) is 0.941. The Kier molecular flexibility index (Phi) is 4.35. The van der Waals surface area contributed by atoms with Crippen molar-refractivity contribution in [2.75, 3.05) is 19.6 Å². The number of rotatable bonds is 3. The minimum Gasteiger partial charge on any atom is -0.296 e. The molecule has 2 heterocycles. The predicted octanol–water partition coefficient (Wildman–Crippen LogP) is 3.42. The van der Waals surface area contributed by atoms with Crippen molar-refractivity contribution >= 4 is 17.1 Å². The van der Waals surface area contributed by atoms with Gasteiger partial charge in [-0.25, -0.2) is 0 Å². The van der Waals surface area contributed by atoms with Gasteiger partial charge in [-0.05, 0) is 45.8 Å². The van der Waals surface area contributed by atoms with Crippen LogP contribution in [0.2, 0.25) is 0 Å². The van der Waals surface area contributed by atoms with Crippen LogP contribution in [0.15, 0.2) is 6.07 Å². The van der Waals surface area contributed by atoms with Crippen molar-refractivity contribution in [3.05, 3.63) is 21.4 Å². The maximum absolute atomic E-state index is 12.2. The van der Waals surface area contributed by atoms with Gasteiger partial charge in [0.15, 0.2) is 5.78 Å². The van der Waals surface area contributed by atoms with E-state index in [2.05, 4.69) is 11.8 Å². The molecular weight excluding hydrogens is 230 g/mol. The minimum absolute atomic E-state index is 0.300. The SMILES string of the molecule is Cc1cc(C(=O)CN2CCCCCC2)c(C)s1. The molecule has 1 aliphatic heterocycles. The van der Waals surface area contributed by atoms with Gasteiger partial charge in [-0.1, -0.05) is 12.8 Å². The number of carbonyl (C=O) groups is 1. The van der Waals surface area contributed by atoms with Crippen LogP contribution in [0.4, 0.5) is 0 Å². The van der Waals surface area contributed by atoms with Crippen molar-refractivity contribution in [2.24, 2.45) is 0 Å². The van der Waals surface area contributed by atoms with Crippen molar-refractivity contribution in [3.8, 4) is 0 Å². The van der Waals surface area contributed by atoms with E-state index in [0.29, 0.717) is 12.3 Å². The number of carbonyl (C=O) groups excluding carboxylic acids is 1. The average molecular weight is 251 g/mol. The molecular formula is C14H21NOS. The Hall–Kier alpha value is -0.670. The minimum atomic E-state index is 0.300. The summed E-state index contributed by atoms with van der Waals surface area (Å²) >= 11 is 1.72. The zero-order valence-electron chi connectivity index (χ0n) is 10.8. The van der Waals surface area contributed by atoms with Gasteiger partial charge in [-0.2, -0.15) is 0 Å². The molecule has 0 amide bonds. The highest BCUT2D eigenvalue weighted by Crippen LogP contribution is 2.21. The molecule has 1 aliphatic rings. The number of thiophene rings is 1. The summed E-state index contributed by atoms with van der Waals surface area (Å²) in [6.45, 7) is 6.91. The molecule has 1 aromatic heterocycles. The molecule has 1 fully saturated rings. The number of ketones is 1. The maximum Gasteiger partial charge on any atom is 0.177 e. The predicted molar refractivity (Wildman–Crippen MR) is 73.0 cm³/mol. The van der Waals surface area contributed by atoms with E-state index in [1.165, 1.54) is 35.4 Å². The number of aryl methyl sites for hydroxylation is 2. The Labute approximate surface area is 108 Å². The highest BCUT2D eigenvalue weighted by molar-refractivity contribution is 7.12. The number of hydrogen-bond acceptors (Lipinski definition) is 3. The van der Waals surface area contributed by atoms with E-state index in [0.717, 1.165) is 18.7 Å². The Morgan fingerprint density at radius 2 is 1.88 bits per heavy atom. The second kappa shape index (κ2) is 5.78. The van der Waals surface area contributed by atoms with Crippen molar-refractivity contribution in [1.29, 1.82) is 0 Å². The average Bonchev–Trinajstić information content (AvgIpc) is 2.51. The van der Waals surface area contributed by atoms with Crippen LogP contribution in [0.3, 0.4) is 0 Å². The lowest BCUT2D eigenvalue weighted by molar-refractivity contribution is 0.0933. The molecule has 1 saturated heterocycles. The fourth-order valence-electron chi connectivity index (χ4n) is 2.49. The first-order valence-corrected chi connectivity index (χ1v) is 7.31. The highest BCUT2D eigenvalue weighted by Gasteiger charge is 2.16. The normalized spacial score (nSPS) is 18.0. The molecule has 0 spiro atoms. The lowest BCUT2D eigenvalue weighted by Gasteiger charge is -2.18. The van der Waals surface area contributed by atoms with Crippen LogP contribution in [-0.4, -0.2) is 30.3 Å². The van der Waals surface area contributed by atoms with Gasteiger partial charge in [0, 0.05) is 15.3 Å². The van der Waals surface area contributed by atoms with Gasteiger partial charge >= 0.3 is 0 Å². The van der Waals surface area contributed by atoms with Gasteiger partial charge in [-0.15, -0.1) is 11.3 Å². The zero-order chi connectivity index (χ0) is 12.3. The van der Waals surface area contributed by atoms with E-state index in [9.17, 15) is 4.79 Å². The summed E-state index contributed by atoms with van der Waals surface area (Å²) in [7, 11) is 0. The smallest absolute Gasteiger partial charge is 0.177 e. The quantitative estimate of drug-likeness (QED) is 0.767. The van der Waals surface area contributed by atoms with Crippen LogP contribution in [-0.2, 0) is 0 Å². The van der Waals surface area contributed by atoms with E-state index in [-0.39, 0.29) is 0 Å². The third-order valence-electron chi connectivity index (χ3n) is 3.41. The molecule has 0 radical (unpaired) electrons. The van der Waals surface area contributed by atoms with Gasteiger partial charge in [0.2, 0.25) is 0 Å². The Balaban J connectivity index is 1.98. The van der Waals surface area contributed by atoms with Gasteiger partial charge in [0.05, 0.1) is 6.54 Å². The van der Waals surface area contributed by atoms with Crippen LogP contribution in [0.5, 0.6) is 0 Å². The third-order valence-corrected chi connectivity index (χ3v) is 4.37. The van der Waals surface area contributed by atoms with Gasteiger partial charge in [0.25, 0.3) is 0 Å². The van der Waals surface area contributed by atoms with Crippen LogP contribution < -0.4 is 0 Å². The lowest BCUT2D eigenvalue weighted by Crippen LogP contribution is -2.30. The van der Waals surface area contributed by atoms with Crippen LogP contribution in [0.1, 0.15) is 45.8 Å². The first-order valence-electron chi connectivity index (χ1n) is 6.49. The summed E-state index contributed by atoms with van der Waals surface area (Å²) in [6.07, 6.45) is 5.13. The fraction of sp³-hybridized carbons (Fsp3) is 0.643. The third kappa shape index (κ3) is 3.39. The second-order valence-corrected chi connectivity index (χ2v) is 6.40. The molecule has 17 heavy (non-hydrogen) atoms. The van der Waals surface area contributed by atoms with Crippen LogP contribution in [0.25, 0.3) is 0 Å². The van der Waals surface area contributed by atoms with Gasteiger partial charge in [0.1, 0.15) is 0 Å². The van der Waals surface area contributed by atoms with Crippen molar-refractivity contribution in [1.82, 2.24) is 4.90 Å². The summed E-state index contributed by atoms with van der Waals surface area (Å²) < 4.78 is 0. The second-order valence-electron chi connectivity index (χ2n) is 4.94. The molecule has 0 atom stereocenters. The zero-order valence-corrected chi connectivity index (χ0v) is 11.6. The molecule has 0 saturated carbocycles. The molecule has 94 valence electrons. The summed E-state index contributed by atoms with van der Waals surface area (Å²) in [6, 6.07) is 2.04. The van der Waals surface area contributed by atoms with Gasteiger partial charge < -0.3 is 0 Å². The molecule has 0 unspecified atom stereocenters. The van der Waals surface area contributed by atoms with Crippen molar-refractivity contribution < 1.29 is 4.79 Å². The standard InChI is InChI=1S/C14H21NOS/c1-11-9-13(12(2)17-11)14(16)10-15-7-5-3-4-6-8-15/h9H,3-8,10H2,1-2H3. The highest BCUT2D eigenvalue weighted by atomic mass is 32.1.